The Kier molecular flexibility index (Phi) is 6.16. The predicted molar refractivity (Wildman–Crippen MR) is 123 cm³/mol. The molecule has 5 heteroatoms. The van der Waals surface area contributed by atoms with Crippen molar-refractivity contribution < 1.29 is 15.0 Å². The molecule has 0 saturated heterocycles. The standard InChI is InChI=1S/C26H26N2O3/c1-17-12-20(10-11-23(17)19-8-6-18(15-29)7-9-19)26(31)28-22(16-30)13-21-14-27-25-5-3-2-4-24(21)25/h2-12,14,22,27,29-30H,13,15-16H2,1H3,(H,28,31)/t22-/m1/s1. The van der Waals surface area contributed by atoms with E-state index in [0.717, 1.165) is 38.7 Å². The normalized spacial score (nSPS) is 12.1. The highest BCUT2D eigenvalue weighted by Crippen LogP contribution is 2.25. The second-order valence-corrected chi connectivity index (χ2v) is 7.80. The maximum Gasteiger partial charge on any atom is 0.251 e. The number of aliphatic hydroxyl groups is 2. The summed E-state index contributed by atoms with van der Waals surface area (Å²) in [5.74, 6) is -0.204. The number of benzene rings is 3. The Balaban J connectivity index is 1.48. The molecule has 4 N–H and O–H groups in total. The van der Waals surface area contributed by atoms with Crippen molar-refractivity contribution in [2.45, 2.75) is 26.0 Å². The van der Waals surface area contributed by atoms with Gasteiger partial charge in [0.2, 0.25) is 0 Å². The van der Waals surface area contributed by atoms with Crippen LogP contribution >= 0.6 is 0 Å². The number of para-hydroxylation sites is 1. The minimum Gasteiger partial charge on any atom is -0.394 e. The molecule has 0 spiro atoms. The number of hydrogen-bond donors (Lipinski definition) is 4. The van der Waals surface area contributed by atoms with Crippen molar-refractivity contribution in [1.29, 1.82) is 0 Å². The van der Waals surface area contributed by atoms with Crippen LogP contribution in [-0.4, -0.2) is 33.8 Å². The molecule has 1 aromatic heterocycles. The number of amides is 1. The largest absolute Gasteiger partial charge is 0.394 e. The number of fused-ring (bicyclic) bond motifs is 1. The van der Waals surface area contributed by atoms with E-state index >= 15 is 0 Å². The molecule has 158 valence electrons. The molecule has 1 atom stereocenters. The number of hydrogen-bond acceptors (Lipinski definition) is 3. The molecule has 0 aliphatic heterocycles. The monoisotopic (exact) mass is 414 g/mol. The summed E-state index contributed by atoms with van der Waals surface area (Å²) in [6.45, 7) is 1.85. The van der Waals surface area contributed by atoms with E-state index in [0.29, 0.717) is 12.0 Å². The maximum absolute atomic E-state index is 12.8. The molecule has 0 aliphatic rings. The molecule has 4 rings (SSSR count). The smallest absolute Gasteiger partial charge is 0.251 e. The van der Waals surface area contributed by atoms with Crippen molar-refractivity contribution in [3.63, 3.8) is 0 Å². The summed E-state index contributed by atoms with van der Waals surface area (Å²) in [4.78, 5) is 16.1. The van der Waals surface area contributed by atoms with Crippen molar-refractivity contribution in [2.75, 3.05) is 6.61 Å². The van der Waals surface area contributed by atoms with E-state index in [1.165, 1.54) is 0 Å². The molecule has 0 saturated carbocycles. The first-order valence-corrected chi connectivity index (χ1v) is 10.4. The second kappa shape index (κ2) is 9.16. The summed E-state index contributed by atoms with van der Waals surface area (Å²) in [7, 11) is 0. The average molecular weight is 415 g/mol. The van der Waals surface area contributed by atoms with Gasteiger partial charge in [0.1, 0.15) is 0 Å². The van der Waals surface area contributed by atoms with Crippen LogP contribution in [-0.2, 0) is 13.0 Å². The highest BCUT2D eigenvalue weighted by molar-refractivity contribution is 5.95. The second-order valence-electron chi connectivity index (χ2n) is 7.80. The molecule has 31 heavy (non-hydrogen) atoms. The lowest BCUT2D eigenvalue weighted by molar-refractivity contribution is 0.0916. The minimum absolute atomic E-state index is 0.0168. The zero-order chi connectivity index (χ0) is 21.8. The number of aromatic amines is 1. The topological polar surface area (TPSA) is 85.4 Å². The summed E-state index contributed by atoms with van der Waals surface area (Å²) in [6, 6.07) is 21.0. The summed E-state index contributed by atoms with van der Waals surface area (Å²) >= 11 is 0. The van der Waals surface area contributed by atoms with Crippen LogP contribution in [0.3, 0.4) is 0 Å². The molecule has 1 heterocycles. The number of aryl methyl sites for hydroxylation is 1. The van der Waals surface area contributed by atoms with Gasteiger partial charge in [-0.05, 0) is 59.4 Å². The number of carbonyl (C=O) groups excluding carboxylic acids is 1. The fourth-order valence-corrected chi connectivity index (χ4v) is 3.91. The Hall–Kier alpha value is -3.41. The van der Waals surface area contributed by atoms with Gasteiger partial charge < -0.3 is 20.5 Å². The van der Waals surface area contributed by atoms with Gasteiger partial charge in [0.15, 0.2) is 0 Å². The van der Waals surface area contributed by atoms with E-state index in [9.17, 15) is 15.0 Å². The Morgan fingerprint density at radius 2 is 1.81 bits per heavy atom. The lowest BCUT2D eigenvalue weighted by atomic mass is 9.97. The fraction of sp³-hybridized carbons (Fsp3) is 0.192. The fourth-order valence-electron chi connectivity index (χ4n) is 3.91. The molecule has 3 aromatic carbocycles. The third-order valence-electron chi connectivity index (χ3n) is 5.63. The number of aromatic nitrogens is 1. The van der Waals surface area contributed by atoms with Gasteiger partial charge in [-0.25, -0.2) is 0 Å². The first-order chi connectivity index (χ1) is 15.1. The van der Waals surface area contributed by atoms with Crippen LogP contribution in [0.15, 0.2) is 72.9 Å². The molecule has 0 radical (unpaired) electrons. The lowest BCUT2D eigenvalue weighted by Crippen LogP contribution is -2.39. The van der Waals surface area contributed by atoms with Crippen molar-refractivity contribution in [3.8, 4) is 11.1 Å². The summed E-state index contributed by atoms with van der Waals surface area (Å²) < 4.78 is 0. The summed E-state index contributed by atoms with van der Waals surface area (Å²) in [5.41, 5.74) is 6.59. The average Bonchev–Trinajstić information content (AvgIpc) is 3.21. The van der Waals surface area contributed by atoms with Gasteiger partial charge in [0, 0.05) is 22.7 Å². The molecule has 5 nitrogen and oxygen atoms in total. The molecular weight excluding hydrogens is 388 g/mol. The van der Waals surface area contributed by atoms with E-state index in [1.54, 1.807) is 6.07 Å². The first kappa shape index (κ1) is 20.8. The van der Waals surface area contributed by atoms with E-state index in [-0.39, 0.29) is 25.2 Å². The van der Waals surface area contributed by atoms with Gasteiger partial charge in [0.25, 0.3) is 5.91 Å². The van der Waals surface area contributed by atoms with E-state index in [1.807, 2.05) is 73.8 Å². The number of H-pyrrole nitrogens is 1. The van der Waals surface area contributed by atoms with E-state index in [4.69, 9.17) is 0 Å². The van der Waals surface area contributed by atoms with E-state index in [2.05, 4.69) is 10.3 Å². The first-order valence-electron chi connectivity index (χ1n) is 10.4. The zero-order valence-corrected chi connectivity index (χ0v) is 17.4. The van der Waals surface area contributed by atoms with Crippen LogP contribution in [0.4, 0.5) is 0 Å². The molecule has 0 fully saturated rings. The molecule has 1 amide bonds. The maximum atomic E-state index is 12.8. The third kappa shape index (κ3) is 4.53. The van der Waals surface area contributed by atoms with Crippen LogP contribution in [0.1, 0.15) is 27.0 Å². The molecular formula is C26H26N2O3. The predicted octanol–water partition coefficient (Wildman–Crippen LogP) is 3.97. The van der Waals surface area contributed by atoms with Crippen LogP contribution in [0.5, 0.6) is 0 Å². The molecule has 4 aromatic rings. The Morgan fingerprint density at radius 1 is 1.03 bits per heavy atom. The van der Waals surface area contributed by atoms with Gasteiger partial charge >= 0.3 is 0 Å². The highest BCUT2D eigenvalue weighted by atomic mass is 16.3. The van der Waals surface area contributed by atoms with Gasteiger partial charge in [-0.2, -0.15) is 0 Å². The van der Waals surface area contributed by atoms with E-state index < -0.39 is 0 Å². The van der Waals surface area contributed by atoms with Gasteiger partial charge in [-0.1, -0.05) is 48.5 Å². The van der Waals surface area contributed by atoms with Crippen molar-refractivity contribution in [1.82, 2.24) is 10.3 Å². The third-order valence-corrected chi connectivity index (χ3v) is 5.63. The molecule has 0 bridgehead atoms. The lowest BCUT2D eigenvalue weighted by Gasteiger charge is -2.17. The summed E-state index contributed by atoms with van der Waals surface area (Å²) in [6.07, 6.45) is 2.47. The van der Waals surface area contributed by atoms with Crippen LogP contribution in [0.25, 0.3) is 22.0 Å². The Bertz CT molecular complexity index is 1190. The summed E-state index contributed by atoms with van der Waals surface area (Å²) in [5, 5.41) is 23.1. The van der Waals surface area contributed by atoms with Crippen molar-refractivity contribution in [2.24, 2.45) is 0 Å². The molecule has 0 unspecified atom stereocenters. The van der Waals surface area contributed by atoms with Crippen LogP contribution < -0.4 is 5.32 Å². The van der Waals surface area contributed by atoms with Gasteiger partial charge in [0.05, 0.1) is 19.3 Å². The molecule has 0 aliphatic carbocycles. The highest BCUT2D eigenvalue weighted by Gasteiger charge is 2.16. The Morgan fingerprint density at radius 3 is 2.52 bits per heavy atom. The minimum atomic E-state index is -0.377. The van der Waals surface area contributed by atoms with Crippen LogP contribution in [0, 0.1) is 6.92 Å². The van der Waals surface area contributed by atoms with Gasteiger partial charge in [-0.3, -0.25) is 4.79 Å². The number of carbonyl (C=O) groups is 1. The quantitative estimate of drug-likeness (QED) is 0.369. The SMILES string of the molecule is Cc1cc(C(=O)N[C@@H](CO)Cc2c[nH]c3ccccc23)ccc1-c1ccc(CO)cc1. The number of rotatable bonds is 7. The zero-order valence-electron chi connectivity index (χ0n) is 17.4. The number of aliphatic hydroxyl groups excluding tert-OH is 2. The number of nitrogens with one attached hydrogen (secondary N) is 2. The van der Waals surface area contributed by atoms with Gasteiger partial charge in [-0.15, -0.1) is 0 Å². The Labute approximate surface area is 181 Å². The van der Waals surface area contributed by atoms with Crippen LogP contribution in [0.2, 0.25) is 0 Å². The van der Waals surface area contributed by atoms with Crippen molar-refractivity contribution in [3.05, 3.63) is 95.2 Å². The van der Waals surface area contributed by atoms with Crippen molar-refractivity contribution >= 4 is 16.8 Å².